The topological polar surface area (TPSA) is 58.3 Å². The van der Waals surface area contributed by atoms with Crippen molar-refractivity contribution in [3.8, 4) is 0 Å². The lowest BCUT2D eigenvalue weighted by Crippen LogP contribution is -2.39. The van der Waals surface area contributed by atoms with Gasteiger partial charge in [-0.05, 0) is 25.0 Å². The van der Waals surface area contributed by atoms with Crippen molar-refractivity contribution in [2.24, 2.45) is 12.0 Å². The molecule has 0 aliphatic carbocycles. The minimum absolute atomic E-state index is 0. The predicted octanol–water partition coefficient (Wildman–Crippen LogP) is 1.99. The molecule has 1 N–H and O–H groups in total. The van der Waals surface area contributed by atoms with E-state index >= 15 is 0 Å². The normalized spacial score (nSPS) is 11.0. The minimum Gasteiger partial charge on any atom is -0.356 e. The van der Waals surface area contributed by atoms with Crippen LogP contribution in [0, 0.1) is 6.92 Å². The first-order valence-electron chi connectivity index (χ1n) is 7.39. The molecule has 2 rings (SSSR count). The Bertz CT molecular complexity index is 620. The molecule has 0 bridgehead atoms. The average molecular weight is 428 g/mol. The van der Waals surface area contributed by atoms with E-state index in [1.165, 1.54) is 5.56 Å². The van der Waals surface area contributed by atoms with E-state index in [-0.39, 0.29) is 24.0 Å². The molecular weight excluding hydrogens is 403 g/mol. The first-order chi connectivity index (χ1) is 10.6. The third kappa shape index (κ3) is 6.17. The summed E-state index contributed by atoms with van der Waals surface area (Å²) in [6.45, 7) is 3.60. The van der Waals surface area contributed by atoms with Gasteiger partial charge < -0.3 is 10.2 Å². The lowest BCUT2D eigenvalue weighted by Gasteiger charge is -2.21. The van der Waals surface area contributed by atoms with Crippen LogP contribution in [0.15, 0.2) is 35.7 Å². The zero-order chi connectivity index (χ0) is 15.9. The number of hydrogen-bond donors (Lipinski definition) is 1. The number of rotatable bonds is 5. The molecule has 2 aromatic heterocycles. The SMILES string of the molecule is CN=C(NCCc1ccc(C)nc1)N(C)Cc1cnn(C)c1.I. The molecule has 0 saturated carbocycles. The maximum Gasteiger partial charge on any atom is 0.193 e. The minimum atomic E-state index is 0. The molecule has 126 valence electrons. The van der Waals surface area contributed by atoms with Crippen molar-refractivity contribution in [2.75, 3.05) is 20.6 Å². The second-order valence-corrected chi connectivity index (χ2v) is 5.41. The van der Waals surface area contributed by atoms with Gasteiger partial charge in [-0.2, -0.15) is 5.10 Å². The molecule has 0 amide bonds. The molecule has 2 heterocycles. The zero-order valence-electron chi connectivity index (χ0n) is 14.2. The van der Waals surface area contributed by atoms with Crippen LogP contribution in [0.2, 0.25) is 0 Å². The van der Waals surface area contributed by atoms with Gasteiger partial charge in [0.1, 0.15) is 0 Å². The van der Waals surface area contributed by atoms with Gasteiger partial charge in [0.2, 0.25) is 0 Å². The highest BCUT2D eigenvalue weighted by atomic mass is 127. The fraction of sp³-hybridized carbons (Fsp3) is 0.438. The Morgan fingerprint density at radius 2 is 2.09 bits per heavy atom. The molecule has 23 heavy (non-hydrogen) atoms. The molecule has 6 nitrogen and oxygen atoms in total. The molecule has 0 saturated heterocycles. The molecule has 0 aliphatic heterocycles. The second kappa shape index (κ2) is 9.49. The highest BCUT2D eigenvalue weighted by molar-refractivity contribution is 14.0. The van der Waals surface area contributed by atoms with Gasteiger partial charge in [-0.15, -0.1) is 24.0 Å². The molecule has 0 atom stereocenters. The first-order valence-corrected chi connectivity index (χ1v) is 7.39. The summed E-state index contributed by atoms with van der Waals surface area (Å²) in [6, 6.07) is 4.16. The van der Waals surface area contributed by atoms with Gasteiger partial charge in [-0.3, -0.25) is 14.7 Å². The predicted molar refractivity (Wildman–Crippen MR) is 104 cm³/mol. The molecule has 0 aromatic carbocycles. The standard InChI is InChI=1S/C16H24N6.HI/c1-13-5-6-14(9-19-13)7-8-18-16(17-2)21(3)11-15-10-20-22(4)12-15;/h5-6,9-10,12H,7-8,11H2,1-4H3,(H,17,18);1H. The van der Waals surface area contributed by atoms with E-state index in [9.17, 15) is 0 Å². The van der Waals surface area contributed by atoms with Crippen molar-refractivity contribution in [3.05, 3.63) is 47.5 Å². The van der Waals surface area contributed by atoms with Crippen LogP contribution in [0.4, 0.5) is 0 Å². The van der Waals surface area contributed by atoms with E-state index in [1.807, 2.05) is 50.4 Å². The number of aliphatic imine (C=N–C) groups is 1. The number of hydrogen-bond acceptors (Lipinski definition) is 3. The fourth-order valence-corrected chi connectivity index (χ4v) is 2.25. The number of aromatic nitrogens is 3. The summed E-state index contributed by atoms with van der Waals surface area (Å²) in [5.41, 5.74) is 3.43. The van der Waals surface area contributed by atoms with Gasteiger partial charge in [-0.1, -0.05) is 6.07 Å². The Labute approximate surface area is 155 Å². The summed E-state index contributed by atoms with van der Waals surface area (Å²) in [5, 5.41) is 7.57. The van der Waals surface area contributed by atoms with Gasteiger partial charge >= 0.3 is 0 Å². The maximum absolute atomic E-state index is 4.32. The molecule has 7 heteroatoms. The van der Waals surface area contributed by atoms with Crippen LogP contribution in [-0.4, -0.2) is 46.3 Å². The molecule has 0 aliphatic rings. The smallest absolute Gasteiger partial charge is 0.193 e. The number of guanidine groups is 1. The van der Waals surface area contributed by atoms with Crippen molar-refractivity contribution >= 4 is 29.9 Å². The van der Waals surface area contributed by atoms with Crippen LogP contribution >= 0.6 is 24.0 Å². The number of pyridine rings is 1. The zero-order valence-corrected chi connectivity index (χ0v) is 16.5. The van der Waals surface area contributed by atoms with Gasteiger partial charge in [0.25, 0.3) is 0 Å². The van der Waals surface area contributed by atoms with Crippen LogP contribution in [0.3, 0.4) is 0 Å². The van der Waals surface area contributed by atoms with Crippen LogP contribution in [0.5, 0.6) is 0 Å². The van der Waals surface area contributed by atoms with Crippen molar-refractivity contribution in [1.29, 1.82) is 0 Å². The van der Waals surface area contributed by atoms with Gasteiger partial charge in [0, 0.05) is 57.9 Å². The fourth-order valence-electron chi connectivity index (χ4n) is 2.25. The van der Waals surface area contributed by atoms with Crippen molar-refractivity contribution in [3.63, 3.8) is 0 Å². The second-order valence-electron chi connectivity index (χ2n) is 5.41. The lowest BCUT2D eigenvalue weighted by molar-refractivity contribution is 0.477. The van der Waals surface area contributed by atoms with Gasteiger partial charge in [-0.25, -0.2) is 0 Å². The van der Waals surface area contributed by atoms with Crippen LogP contribution in [-0.2, 0) is 20.0 Å². The highest BCUT2D eigenvalue weighted by Crippen LogP contribution is 2.02. The number of halogens is 1. The van der Waals surface area contributed by atoms with E-state index < -0.39 is 0 Å². The molecule has 0 spiro atoms. The molecule has 0 radical (unpaired) electrons. The highest BCUT2D eigenvalue weighted by Gasteiger charge is 2.07. The van der Waals surface area contributed by atoms with E-state index in [4.69, 9.17) is 0 Å². The van der Waals surface area contributed by atoms with Crippen molar-refractivity contribution < 1.29 is 0 Å². The summed E-state index contributed by atoms with van der Waals surface area (Å²) in [4.78, 5) is 10.7. The van der Waals surface area contributed by atoms with Crippen LogP contribution < -0.4 is 5.32 Å². The summed E-state index contributed by atoms with van der Waals surface area (Å²) in [7, 11) is 5.75. The van der Waals surface area contributed by atoms with E-state index in [2.05, 4.69) is 31.4 Å². The van der Waals surface area contributed by atoms with Crippen molar-refractivity contribution in [2.45, 2.75) is 19.9 Å². The third-order valence-corrected chi connectivity index (χ3v) is 3.42. The molecular formula is C16H25IN6. The van der Waals surface area contributed by atoms with E-state index in [0.717, 1.165) is 36.7 Å². The van der Waals surface area contributed by atoms with Crippen molar-refractivity contribution in [1.82, 2.24) is 25.0 Å². The van der Waals surface area contributed by atoms with Crippen LogP contribution in [0.1, 0.15) is 16.8 Å². The number of aryl methyl sites for hydroxylation is 2. The number of nitrogens with one attached hydrogen (secondary N) is 1. The summed E-state index contributed by atoms with van der Waals surface area (Å²) in [5.74, 6) is 0.879. The molecule has 0 unspecified atom stereocenters. The summed E-state index contributed by atoms with van der Waals surface area (Å²) in [6.07, 6.45) is 6.75. The lowest BCUT2D eigenvalue weighted by atomic mass is 10.2. The average Bonchev–Trinajstić information content (AvgIpc) is 2.90. The monoisotopic (exact) mass is 428 g/mol. The first kappa shape index (κ1) is 19.4. The quantitative estimate of drug-likeness (QED) is 0.450. The Kier molecular flexibility index (Phi) is 8.01. The van der Waals surface area contributed by atoms with Crippen LogP contribution in [0.25, 0.3) is 0 Å². The number of nitrogens with zero attached hydrogens (tertiary/aromatic N) is 5. The maximum atomic E-state index is 4.32. The summed E-state index contributed by atoms with van der Waals surface area (Å²) < 4.78 is 1.81. The van der Waals surface area contributed by atoms with E-state index in [1.54, 1.807) is 7.05 Å². The third-order valence-electron chi connectivity index (χ3n) is 3.42. The molecule has 0 fully saturated rings. The van der Waals surface area contributed by atoms with E-state index in [0.29, 0.717) is 0 Å². The Balaban J connectivity index is 0.00000264. The Morgan fingerprint density at radius 1 is 1.30 bits per heavy atom. The van der Waals surface area contributed by atoms with Gasteiger partial charge in [0.15, 0.2) is 5.96 Å². The van der Waals surface area contributed by atoms with Gasteiger partial charge in [0.05, 0.1) is 6.20 Å². The Hall–Kier alpha value is -1.64. The Morgan fingerprint density at radius 3 is 2.65 bits per heavy atom. The summed E-state index contributed by atoms with van der Waals surface area (Å²) >= 11 is 0. The largest absolute Gasteiger partial charge is 0.356 e. The molecule has 2 aromatic rings.